The van der Waals surface area contributed by atoms with Gasteiger partial charge in [0.25, 0.3) is 11.6 Å². The molecule has 0 spiro atoms. The summed E-state index contributed by atoms with van der Waals surface area (Å²) in [5.41, 5.74) is 0.179. The van der Waals surface area contributed by atoms with Crippen molar-refractivity contribution in [1.29, 1.82) is 0 Å². The second-order valence-electron chi connectivity index (χ2n) is 4.12. The third-order valence-corrected chi connectivity index (χ3v) is 3.56. The highest BCUT2D eigenvalue weighted by molar-refractivity contribution is 9.10. The number of carbonyl (C=O) groups excluding carboxylic acids is 1. The molecule has 0 aromatic heterocycles. The number of rotatable bonds is 5. The third kappa shape index (κ3) is 3.53. The minimum absolute atomic E-state index is 0.105. The van der Waals surface area contributed by atoms with E-state index in [-0.39, 0.29) is 21.6 Å². The lowest BCUT2D eigenvalue weighted by molar-refractivity contribution is -0.385. The van der Waals surface area contributed by atoms with E-state index in [1.807, 2.05) is 13.8 Å². The normalized spacial score (nSPS) is 11.9. The van der Waals surface area contributed by atoms with Crippen LogP contribution < -0.4 is 5.32 Å². The Morgan fingerprint density at radius 2 is 2.22 bits per heavy atom. The monoisotopic (exact) mass is 314 g/mol. The van der Waals surface area contributed by atoms with E-state index in [1.165, 1.54) is 12.1 Å². The first-order valence-electron chi connectivity index (χ1n) is 5.68. The van der Waals surface area contributed by atoms with E-state index in [1.54, 1.807) is 6.07 Å². The van der Waals surface area contributed by atoms with Crippen molar-refractivity contribution in [2.24, 2.45) is 5.92 Å². The predicted octanol–water partition coefficient (Wildman–Crippen LogP) is 3.13. The quantitative estimate of drug-likeness (QED) is 0.670. The topological polar surface area (TPSA) is 72.2 Å². The van der Waals surface area contributed by atoms with Crippen LogP contribution in [0.4, 0.5) is 5.69 Å². The average molecular weight is 315 g/mol. The number of nitro benzene ring substituents is 1. The highest BCUT2D eigenvalue weighted by Gasteiger charge is 2.19. The fourth-order valence-corrected chi connectivity index (χ4v) is 1.93. The van der Waals surface area contributed by atoms with Crippen molar-refractivity contribution in [3.63, 3.8) is 0 Å². The molecule has 0 fully saturated rings. The number of hydrogen-bond acceptors (Lipinski definition) is 3. The van der Waals surface area contributed by atoms with Crippen LogP contribution in [-0.2, 0) is 0 Å². The van der Waals surface area contributed by atoms with Gasteiger partial charge in [0.1, 0.15) is 4.47 Å². The Hall–Kier alpha value is -1.43. The summed E-state index contributed by atoms with van der Waals surface area (Å²) in [5.74, 6) is 0.0808. The maximum Gasteiger partial charge on any atom is 0.284 e. The van der Waals surface area contributed by atoms with Crippen LogP contribution in [-0.4, -0.2) is 17.4 Å². The summed E-state index contributed by atoms with van der Waals surface area (Å²) in [6.45, 7) is 4.63. The average Bonchev–Trinajstić information content (AvgIpc) is 2.35. The zero-order chi connectivity index (χ0) is 13.7. The minimum Gasteiger partial charge on any atom is -0.352 e. The van der Waals surface area contributed by atoms with Crippen LogP contribution in [0.3, 0.4) is 0 Å². The molecule has 0 aliphatic carbocycles. The molecule has 1 unspecified atom stereocenters. The summed E-state index contributed by atoms with van der Waals surface area (Å²) in [6.07, 6.45) is 0.969. The molecule has 0 aliphatic heterocycles. The first kappa shape index (κ1) is 14.6. The number of halogens is 1. The van der Waals surface area contributed by atoms with Crippen molar-refractivity contribution in [1.82, 2.24) is 5.32 Å². The van der Waals surface area contributed by atoms with E-state index in [4.69, 9.17) is 0 Å². The zero-order valence-electron chi connectivity index (χ0n) is 10.3. The molecule has 0 saturated carbocycles. The summed E-state index contributed by atoms with van der Waals surface area (Å²) in [7, 11) is 0. The van der Waals surface area contributed by atoms with Crippen molar-refractivity contribution in [3.05, 3.63) is 38.3 Å². The van der Waals surface area contributed by atoms with E-state index in [0.29, 0.717) is 12.5 Å². The zero-order valence-corrected chi connectivity index (χ0v) is 11.9. The molecule has 6 heteroatoms. The van der Waals surface area contributed by atoms with Crippen molar-refractivity contribution in [2.75, 3.05) is 6.54 Å². The van der Waals surface area contributed by atoms with Crippen LogP contribution in [0.15, 0.2) is 22.7 Å². The van der Waals surface area contributed by atoms with Gasteiger partial charge in [0.05, 0.1) is 10.5 Å². The maximum atomic E-state index is 11.9. The van der Waals surface area contributed by atoms with Gasteiger partial charge in [-0.1, -0.05) is 26.3 Å². The number of nitrogens with zero attached hydrogens (tertiary/aromatic N) is 1. The van der Waals surface area contributed by atoms with E-state index in [2.05, 4.69) is 21.2 Å². The van der Waals surface area contributed by atoms with Crippen LogP contribution in [0, 0.1) is 16.0 Å². The lowest BCUT2D eigenvalue weighted by Gasteiger charge is -2.10. The highest BCUT2D eigenvalue weighted by atomic mass is 79.9. The van der Waals surface area contributed by atoms with Crippen molar-refractivity contribution in [2.45, 2.75) is 20.3 Å². The molecule has 0 bridgehead atoms. The van der Waals surface area contributed by atoms with Crippen molar-refractivity contribution < 1.29 is 9.72 Å². The van der Waals surface area contributed by atoms with Crippen LogP contribution in [0.2, 0.25) is 0 Å². The molecule has 1 rings (SSSR count). The van der Waals surface area contributed by atoms with Gasteiger partial charge in [-0.2, -0.15) is 0 Å². The van der Waals surface area contributed by atoms with Gasteiger partial charge in [0.2, 0.25) is 0 Å². The number of nitrogens with one attached hydrogen (secondary N) is 1. The summed E-state index contributed by atoms with van der Waals surface area (Å²) in [6, 6.07) is 4.42. The van der Waals surface area contributed by atoms with Gasteiger partial charge in [-0.05, 0) is 27.9 Å². The third-order valence-electron chi connectivity index (χ3n) is 2.73. The number of amides is 1. The number of nitro groups is 1. The molecule has 98 valence electrons. The molecule has 1 amide bonds. The van der Waals surface area contributed by atoms with Gasteiger partial charge in [-0.25, -0.2) is 0 Å². The van der Waals surface area contributed by atoms with Crippen LogP contribution in [0.5, 0.6) is 0 Å². The smallest absolute Gasteiger partial charge is 0.284 e. The van der Waals surface area contributed by atoms with E-state index in [0.717, 1.165) is 6.42 Å². The Morgan fingerprint density at radius 1 is 1.56 bits per heavy atom. The van der Waals surface area contributed by atoms with E-state index in [9.17, 15) is 14.9 Å². The van der Waals surface area contributed by atoms with Gasteiger partial charge >= 0.3 is 0 Å². The molecule has 0 saturated heterocycles. The Morgan fingerprint density at radius 3 is 2.78 bits per heavy atom. The molecular weight excluding hydrogens is 300 g/mol. The fourth-order valence-electron chi connectivity index (χ4n) is 1.34. The fraction of sp³-hybridized carbons (Fsp3) is 0.417. The maximum absolute atomic E-state index is 11.9. The summed E-state index contributed by atoms with van der Waals surface area (Å²) in [5, 5.41) is 13.5. The molecular formula is C12H15BrN2O3. The Kier molecular flexibility index (Phi) is 5.27. The minimum atomic E-state index is -0.518. The number of benzene rings is 1. The summed E-state index contributed by atoms with van der Waals surface area (Å²) < 4.78 is 0.219. The molecule has 1 atom stereocenters. The molecule has 1 N–H and O–H groups in total. The van der Waals surface area contributed by atoms with Crippen LogP contribution >= 0.6 is 15.9 Å². The van der Waals surface area contributed by atoms with Crippen LogP contribution in [0.1, 0.15) is 30.6 Å². The second kappa shape index (κ2) is 6.49. The van der Waals surface area contributed by atoms with Crippen LogP contribution in [0.25, 0.3) is 0 Å². The molecule has 1 aromatic carbocycles. The number of carbonyl (C=O) groups is 1. The molecule has 18 heavy (non-hydrogen) atoms. The van der Waals surface area contributed by atoms with Gasteiger partial charge < -0.3 is 5.32 Å². The summed E-state index contributed by atoms with van der Waals surface area (Å²) >= 11 is 3.10. The largest absolute Gasteiger partial charge is 0.352 e. The predicted molar refractivity (Wildman–Crippen MR) is 72.6 cm³/mol. The molecule has 0 radical (unpaired) electrons. The standard InChI is InChI=1S/C12H15BrN2O3/c1-3-8(2)7-14-12(16)9-5-4-6-10(11(9)13)15(17)18/h4-6,8H,3,7H2,1-2H3,(H,14,16). The first-order chi connectivity index (χ1) is 8.47. The van der Waals surface area contributed by atoms with Gasteiger partial charge in [0.15, 0.2) is 0 Å². The Balaban J connectivity index is 2.86. The SMILES string of the molecule is CCC(C)CNC(=O)c1cccc([N+](=O)[O-])c1Br. The second-order valence-corrected chi connectivity index (χ2v) is 4.91. The van der Waals surface area contributed by atoms with Gasteiger partial charge in [-0.15, -0.1) is 0 Å². The van der Waals surface area contributed by atoms with E-state index >= 15 is 0 Å². The Labute approximate surface area is 114 Å². The molecule has 5 nitrogen and oxygen atoms in total. The number of hydrogen-bond donors (Lipinski definition) is 1. The molecule has 0 aliphatic rings. The lowest BCUT2D eigenvalue weighted by Crippen LogP contribution is -2.28. The molecule has 1 aromatic rings. The van der Waals surface area contributed by atoms with E-state index < -0.39 is 4.92 Å². The van der Waals surface area contributed by atoms with Gasteiger partial charge in [0, 0.05) is 12.6 Å². The van der Waals surface area contributed by atoms with Crippen molar-refractivity contribution in [3.8, 4) is 0 Å². The van der Waals surface area contributed by atoms with Gasteiger partial charge in [-0.3, -0.25) is 14.9 Å². The molecule has 0 heterocycles. The Bertz CT molecular complexity index is 463. The lowest BCUT2D eigenvalue weighted by atomic mass is 10.1. The first-order valence-corrected chi connectivity index (χ1v) is 6.47. The summed E-state index contributed by atoms with van der Waals surface area (Å²) in [4.78, 5) is 22.1. The highest BCUT2D eigenvalue weighted by Crippen LogP contribution is 2.28. The van der Waals surface area contributed by atoms with Crippen molar-refractivity contribution >= 4 is 27.5 Å².